The van der Waals surface area contributed by atoms with Crippen molar-refractivity contribution in [3.63, 3.8) is 0 Å². The molecule has 0 aliphatic heterocycles. The molecule has 140 valence electrons. The molecule has 0 fully saturated rings. The van der Waals surface area contributed by atoms with Crippen LogP contribution in [0.4, 0.5) is 10.1 Å². The minimum absolute atomic E-state index is 0.0124. The molecular weight excluding hydrogens is 397 g/mol. The molecule has 9 heteroatoms. The second-order valence-electron chi connectivity index (χ2n) is 5.67. The number of thiophene rings is 1. The van der Waals surface area contributed by atoms with Crippen LogP contribution in [0, 0.1) is 5.82 Å². The van der Waals surface area contributed by atoms with E-state index in [0.717, 1.165) is 9.90 Å². The van der Waals surface area contributed by atoms with Gasteiger partial charge in [-0.25, -0.2) is 19.0 Å². The van der Waals surface area contributed by atoms with Crippen LogP contribution in [0.1, 0.15) is 10.6 Å². The number of hydrogen-bond acceptors (Lipinski definition) is 6. The fourth-order valence-electron chi connectivity index (χ4n) is 2.52. The van der Waals surface area contributed by atoms with Gasteiger partial charge in [0.1, 0.15) is 5.82 Å². The summed E-state index contributed by atoms with van der Waals surface area (Å²) in [5, 5.41) is 9.81. The highest BCUT2D eigenvalue weighted by molar-refractivity contribution is 7.98. The third-order valence-corrected chi connectivity index (χ3v) is 5.33. The van der Waals surface area contributed by atoms with Crippen LogP contribution in [-0.2, 0) is 0 Å². The standard InChI is InChI=1S/C19H14FN5OS2/c1-27-16-8-7-13(11-21-16)22-19(26)17-23-18(15-6-3-9-28-15)25(24-17)14-5-2-4-12(20)10-14/h2-11H,1H3,(H,22,26). The second kappa shape index (κ2) is 7.91. The number of rotatable bonds is 5. The lowest BCUT2D eigenvalue weighted by Crippen LogP contribution is -2.14. The number of anilines is 1. The van der Waals surface area contributed by atoms with Gasteiger partial charge in [-0.2, -0.15) is 0 Å². The Hall–Kier alpha value is -3.04. The molecule has 4 rings (SSSR count). The molecule has 6 nitrogen and oxygen atoms in total. The number of thioether (sulfide) groups is 1. The number of halogens is 1. The van der Waals surface area contributed by atoms with Crippen molar-refractivity contribution in [1.29, 1.82) is 0 Å². The van der Waals surface area contributed by atoms with Gasteiger partial charge in [-0.05, 0) is 48.0 Å². The average molecular weight is 411 g/mol. The van der Waals surface area contributed by atoms with Gasteiger partial charge in [0, 0.05) is 0 Å². The predicted molar refractivity (Wildman–Crippen MR) is 109 cm³/mol. The van der Waals surface area contributed by atoms with Gasteiger partial charge in [0.15, 0.2) is 5.82 Å². The van der Waals surface area contributed by atoms with E-state index in [1.54, 1.807) is 24.4 Å². The molecule has 0 radical (unpaired) electrons. The molecule has 28 heavy (non-hydrogen) atoms. The first-order chi connectivity index (χ1) is 13.6. The SMILES string of the molecule is CSc1ccc(NC(=O)c2nc(-c3cccs3)n(-c3cccc(F)c3)n2)cn1. The Morgan fingerprint density at radius 3 is 2.79 bits per heavy atom. The first-order valence-electron chi connectivity index (χ1n) is 8.22. The topological polar surface area (TPSA) is 72.7 Å². The van der Waals surface area contributed by atoms with Gasteiger partial charge in [-0.1, -0.05) is 12.1 Å². The molecule has 0 bridgehead atoms. The molecule has 1 N–H and O–H groups in total. The average Bonchev–Trinajstić information content (AvgIpc) is 3.38. The largest absolute Gasteiger partial charge is 0.318 e. The van der Waals surface area contributed by atoms with Crippen molar-refractivity contribution < 1.29 is 9.18 Å². The van der Waals surface area contributed by atoms with Crippen LogP contribution < -0.4 is 5.32 Å². The molecule has 0 saturated carbocycles. The molecule has 0 saturated heterocycles. The van der Waals surface area contributed by atoms with Gasteiger partial charge in [0.25, 0.3) is 5.91 Å². The number of hydrogen-bond donors (Lipinski definition) is 1. The summed E-state index contributed by atoms with van der Waals surface area (Å²) in [7, 11) is 0. The van der Waals surface area contributed by atoms with Gasteiger partial charge >= 0.3 is 0 Å². The molecule has 0 aliphatic carbocycles. The summed E-state index contributed by atoms with van der Waals surface area (Å²) in [6.45, 7) is 0. The zero-order chi connectivity index (χ0) is 19.5. The molecule has 0 aliphatic rings. The molecule has 3 aromatic heterocycles. The fourth-order valence-corrected chi connectivity index (χ4v) is 3.58. The van der Waals surface area contributed by atoms with Gasteiger partial charge in [-0.15, -0.1) is 28.2 Å². The number of carbonyl (C=O) groups excluding carboxylic acids is 1. The maximum absolute atomic E-state index is 13.7. The minimum atomic E-state index is -0.466. The number of nitrogens with zero attached hydrogens (tertiary/aromatic N) is 4. The molecule has 0 unspecified atom stereocenters. The Labute approximate surface area is 168 Å². The van der Waals surface area contributed by atoms with Crippen molar-refractivity contribution in [3.05, 3.63) is 71.7 Å². The van der Waals surface area contributed by atoms with E-state index in [4.69, 9.17) is 0 Å². The minimum Gasteiger partial charge on any atom is -0.318 e. The van der Waals surface area contributed by atoms with Crippen molar-refractivity contribution in [3.8, 4) is 16.4 Å². The van der Waals surface area contributed by atoms with Gasteiger partial charge in [0.05, 0.1) is 27.5 Å². The van der Waals surface area contributed by atoms with Crippen LogP contribution in [0.3, 0.4) is 0 Å². The normalized spacial score (nSPS) is 10.8. The van der Waals surface area contributed by atoms with E-state index in [-0.39, 0.29) is 5.82 Å². The molecule has 3 heterocycles. The molecular formula is C19H14FN5OS2. The van der Waals surface area contributed by atoms with E-state index in [9.17, 15) is 9.18 Å². The van der Waals surface area contributed by atoms with Crippen LogP contribution in [-0.4, -0.2) is 31.9 Å². The Morgan fingerprint density at radius 1 is 1.21 bits per heavy atom. The summed E-state index contributed by atoms with van der Waals surface area (Å²) >= 11 is 2.98. The van der Waals surface area contributed by atoms with Gasteiger partial charge in [0.2, 0.25) is 5.82 Å². The molecule has 0 atom stereocenters. The zero-order valence-corrected chi connectivity index (χ0v) is 16.3. The van der Waals surface area contributed by atoms with Crippen LogP contribution in [0.25, 0.3) is 16.4 Å². The summed E-state index contributed by atoms with van der Waals surface area (Å²) in [6, 6.07) is 13.3. The lowest BCUT2D eigenvalue weighted by Gasteiger charge is -2.04. The molecule has 0 spiro atoms. The van der Waals surface area contributed by atoms with Crippen molar-refractivity contribution in [2.75, 3.05) is 11.6 Å². The van der Waals surface area contributed by atoms with E-state index in [1.807, 2.05) is 29.8 Å². The van der Waals surface area contributed by atoms with E-state index >= 15 is 0 Å². The number of nitrogens with one attached hydrogen (secondary N) is 1. The molecule has 1 aromatic carbocycles. The number of amides is 1. The maximum Gasteiger partial charge on any atom is 0.295 e. The van der Waals surface area contributed by atoms with Gasteiger partial charge < -0.3 is 5.32 Å². The lowest BCUT2D eigenvalue weighted by atomic mass is 10.3. The predicted octanol–water partition coefficient (Wildman–Crippen LogP) is 4.50. The first kappa shape index (κ1) is 18.3. The number of carbonyl (C=O) groups is 1. The van der Waals surface area contributed by atoms with Crippen molar-refractivity contribution >= 4 is 34.7 Å². The number of benzene rings is 1. The highest BCUT2D eigenvalue weighted by Crippen LogP contribution is 2.26. The van der Waals surface area contributed by atoms with Crippen LogP contribution in [0.5, 0.6) is 0 Å². The Morgan fingerprint density at radius 2 is 2.11 bits per heavy atom. The number of aromatic nitrogens is 4. The maximum atomic E-state index is 13.7. The van der Waals surface area contributed by atoms with Crippen molar-refractivity contribution in [2.24, 2.45) is 0 Å². The van der Waals surface area contributed by atoms with Crippen LogP contribution in [0.2, 0.25) is 0 Å². The second-order valence-corrected chi connectivity index (χ2v) is 7.45. The van der Waals surface area contributed by atoms with Crippen LogP contribution in [0.15, 0.2) is 65.1 Å². The van der Waals surface area contributed by atoms with E-state index in [1.165, 1.54) is 39.9 Å². The van der Waals surface area contributed by atoms with Crippen molar-refractivity contribution in [2.45, 2.75) is 5.03 Å². The third kappa shape index (κ3) is 3.80. The smallest absolute Gasteiger partial charge is 0.295 e. The van der Waals surface area contributed by atoms with Crippen molar-refractivity contribution in [1.82, 2.24) is 19.7 Å². The van der Waals surface area contributed by atoms with E-state index in [0.29, 0.717) is 17.2 Å². The first-order valence-corrected chi connectivity index (χ1v) is 10.3. The van der Waals surface area contributed by atoms with E-state index < -0.39 is 11.7 Å². The van der Waals surface area contributed by atoms with Crippen LogP contribution >= 0.6 is 23.1 Å². The number of pyridine rings is 1. The van der Waals surface area contributed by atoms with Gasteiger partial charge in [-0.3, -0.25) is 4.79 Å². The molecule has 1 amide bonds. The third-order valence-electron chi connectivity index (χ3n) is 3.81. The Kier molecular flexibility index (Phi) is 5.18. The lowest BCUT2D eigenvalue weighted by molar-refractivity contribution is 0.101. The molecule has 4 aromatic rings. The highest BCUT2D eigenvalue weighted by atomic mass is 32.2. The monoisotopic (exact) mass is 411 g/mol. The quantitative estimate of drug-likeness (QED) is 0.490. The van der Waals surface area contributed by atoms with E-state index in [2.05, 4.69) is 20.4 Å². The zero-order valence-electron chi connectivity index (χ0n) is 14.7. The Balaban J connectivity index is 1.69. The summed E-state index contributed by atoms with van der Waals surface area (Å²) in [4.78, 5) is 22.1. The Bertz CT molecular complexity index is 1110. The fraction of sp³-hybridized carbons (Fsp3) is 0.0526. The summed E-state index contributed by atoms with van der Waals surface area (Å²) in [5.74, 6) is -0.397. The highest BCUT2D eigenvalue weighted by Gasteiger charge is 2.20. The summed E-state index contributed by atoms with van der Waals surface area (Å²) in [5.41, 5.74) is 1.03. The summed E-state index contributed by atoms with van der Waals surface area (Å²) in [6.07, 6.45) is 3.50. The summed E-state index contributed by atoms with van der Waals surface area (Å²) < 4.78 is 15.2.